The maximum atomic E-state index is 12.7. The molecule has 0 aliphatic carbocycles. The van der Waals surface area contributed by atoms with Crippen molar-refractivity contribution < 1.29 is 17.9 Å². The number of hydrogen-bond acceptors (Lipinski definition) is 4. The zero-order chi connectivity index (χ0) is 18.4. The summed E-state index contributed by atoms with van der Waals surface area (Å²) in [5, 5.41) is 2.75. The van der Waals surface area contributed by atoms with Crippen molar-refractivity contribution in [1.82, 2.24) is 10.0 Å². The molecule has 0 fully saturated rings. The van der Waals surface area contributed by atoms with Gasteiger partial charge in [0.2, 0.25) is 15.9 Å². The van der Waals surface area contributed by atoms with Crippen LogP contribution < -0.4 is 14.8 Å². The van der Waals surface area contributed by atoms with Crippen LogP contribution in [0.5, 0.6) is 5.75 Å². The number of amides is 1. The number of sulfonamides is 1. The number of methoxy groups -OCH3 is 1. The van der Waals surface area contributed by atoms with Gasteiger partial charge in [-0.25, -0.2) is 8.42 Å². The molecule has 0 saturated heterocycles. The van der Waals surface area contributed by atoms with Crippen LogP contribution >= 0.6 is 0 Å². The van der Waals surface area contributed by atoms with Gasteiger partial charge in [-0.05, 0) is 43.7 Å². The van der Waals surface area contributed by atoms with Crippen LogP contribution in [0.1, 0.15) is 25.5 Å². The van der Waals surface area contributed by atoms with Gasteiger partial charge in [0, 0.05) is 6.04 Å². The largest absolute Gasteiger partial charge is 0.497 e. The van der Waals surface area contributed by atoms with Crippen molar-refractivity contribution in [3.63, 3.8) is 0 Å². The molecule has 6 nitrogen and oxygen atoms in total. The highest BCUT2D eigenvalue weighted by Gasteiger charge is 2.27. The van der Waals surface area contributed by atoms with E-state index < -0.39 is 22.0 Å². The molecule has 2 rings (SSSR count). The molecule has 1 atom stereocenters. The third-order valence-corrected chi connectivity index (χ3v) is 4.91. The third-order valence-electron chi connectivity index (χ3n) is 3.47. The molecule has 2 aromatic rings. The molecule has 0 saturated carbocycles. The van der Waals surface area contributed by atoms with E-state index in [-0.39, 0.29) is 10.9 Å². The molecule has 0 bridgehead atoms. The number of nitrogens with one attached hydrogen (secondary N) is 2. The van der Waals surface area contributed by atoms with E-state index in [1.54, 1.807) is 42.5 Å². The molecule has 1 amide bonds. The fourth-order valence-electron chi connectivity index (χ4n) is 2.26. The minimum absolute atomic E-state index is 0.0616. The molecule has 0 radical (unpaired) electrons. The van der Waals surface area contributed by atoms with Crippen LogP contribution in [0.3, 0.4) is 0 Å². The summed E-state index contributed by atoms with van der Waals surface area (Å²) in [6, 6.07) is 13.6. The van der Waals surface area contributed by atoms with Gasteiger partial charge in [0.05, 0.1) is 12.0 Å². The fourth-order valence-corrected chi connectivity index (χ4v) is 3.45. The molecule has 0 aliphatic rings. The second kappa shape index (κ2) is 8.13. The van der Waals surface area contributed by atoms with E-state index in [9.17, 15) is 13.2 Å². The smallest absolute Gasteiger partial charge is 0.242 e. The first-order chi connectivity index (χ1) is 11.8. The average molecular weight is 362 g/mol. The normalized spacial score (nSPS) is 12.6. The lowest BCUT2D eigenvalue weighted by Crippen LogP contribution is -2.42. The molecule has 0 aromatic heterocycles. The number of ether oxygens (including phenoxy) is 1. The van der Waals surface area contributed by atoms with Crippen LogP contribution in [0.2, 0.25) is 0 Å². The minimum Gasteiger partial charge on any atom is -0.497 e. The fraction of sp³-hybridized carbons (Fsp3) is 0.278. The van der Waals surface area contributed by atoms with E-state index in [0.29, 0.717) is 11.3 Å². The number of rotatable bonds is 7. The van der Waals surface area contributed by atoms with E-state index in [2.05, 4.69) is 10.0 Å². The van der Waals surface area contributed by atoms with E-state index >= 15 is 0 Å². The summed E-state index contributed by atoms with van der Waals surface area (Å²) >= 11 is 0. The van der Waals surface area contributed by atoms with E-state index in [4.69, 9.17) is 4.74 Å². The van der Waals surface area contributed by atoms with Gasteiger partial charge in [-0.1, -0.05) is 30.3 Å². The van der Waals surface area contributed by atoms with Crippen molar-refractivity contribution in [3.05, 3.63) is 60.2 Å². The van der Waals surface area contributed by atoms with Gasteiger partial charge in [-0.3, -0.25) is 4.79 Å². The van der Waals surface area contributed by atoms with Gasteiger partial charge in [-0.2, -0.15) is 4.72 Å². The Kier molecular flexibility index (Phi) is 6.17. The van der Waals surface area contributed by atoms with Crippen molar-refractivity contribution >= 4 is 15.9 Å². The van der Waals surface area contributed by atoms with Crippen LogP contribution in [-0.2, 0) is 14.8 Å². The first-order valence-electron chi connectivity index (χ1n) is 7.85. The van der Waals surface area contributed by atoms with Crippen molar-refractivity contribution in [2.45, 2.75) is 30.8 Å². The summed E-state index contributed by atoms with van der Waals surface area (Å²) < 4.78 is 32.9. The topological polar surface area (TPSA) is 84.5 Å². The number of carbonyl (C=O) groups excluding carboxylic acids is 1. The molecule has 2 N–H and O–H groups in total. The Bertz CT molecular complexity index is 803. The Morgan fingerprint density at radius 3 is 2.12 bits per heavy atom. The van der Waals surface area contributed by atoms with Crippen molar-refractivity contribution in [2.24, 2.45) is 0 Å². The average Bonchev–Trinajstić information content (AvgIpc) is 2.60. The van der Waals surface area contributed by atoms with E-state index in [1.807, 2.05) is 13.8 Å². The molecule has 25 heavy (non-hydrogen) atoms. The van der Waals surface area contributed by atoms with Gasteiger partial charge in [0.1, 0.15) is 11.8 Å². The van der Waals surface area contributed by atoms with Gasteiger partial charge < -0.3 is 10.1 Å². The summed E-state index contributed by atoms with van der Waals surface area (Å²) in [5.74, 6) is 0.148. The lowest BCUT2D eigenvalue weighted by Gasteiger charge is -2.20. The summed E-state index contributed by atoms with van der Waals surface area (Å²) in [4.78, 5) is 12.6. The summed E-state index contributed by atoms with van der Waals surface area (Å²) in [6.45, 7) is 3.63. The zero-order valence-electron chi connectivity index (χ0n) is 14.4. The predicted molar refractivity (Wildman–Crippen MR) is 95.8 cm³/mol. The lowest BCUT2D eigenvalue weighted by molar-refractivity contribution is -0.123. The van der Waals surface area contributed by atoms with E-state index in [1.165, 1.54) is 19.2 Å². The van der Waals surface area contributed by atoms with Crippen molar-refractivity contribution in [3.8, 4) is 5.75 Å². The standard InChI is InChI=1S/C18H22N2O4S/c1-13(2)19-18(21)17(14-7-5-4-6-8-14)20-25(22,23)16-11-9-15(24-3)10-12-16/h4-13,17,20H,1-3H3,(H,19,21)/t17-/m0/s1. The molecular weight excluding hydrogens is 340 g/mol. The van der Waals surface area contributed by atoms with Crippen LogP contribution in [0.15, 0.2) is 59.5 Å². The van der Waals surface area contributed by atoms with Crippen LogP contribution in [0, 0.1) is 0 Å². The van der Waals surface area contributed by atoms with Crippen LogP contribution in [0.25, 0.3) is 0 Å². The summed E-state index contributed by atoms with van der Waals surface area (Å²) in [7, 11) is -2.38. The second-order valence-corrected chi connectivity index (χ2v) is 7.52. The quantitative estimate of drug-likeness (QED) is 0.791. The monoisotopic (exact) mass is 362 g/mol. The van der Waals surface area contributed by atoms with Gasteiger partial charge in [0.15, 0.2) is 0 Å². The molecule has 134 valence electrons. The van der Waals surface area contributed by atoms with E-state index in [0.717, 1.165) is 0 Å². The van der Waals surface area contributed by atoms with Gasteiger partial charge in [0.25, 0.3) is 0 Å². The molecular formula is C18H22N2O4S. The molecule has 0 unspecified atom stereocenters. The second-order valence-electron chi connectivity index (χ2n) is 5.80. The third kappa shape index (κ3) is 5.04. The van der Waals surface area contributed by atoms with Crippen LogP contribution in [-0.4, -0.2) is 27.5 Å². The first-order valence-corrected chi connectivity index (χ1v) is 9.33. The zero-order valence-corrected chi connectivity index (χ0v) is 15.2. The Hall–Kier alpha value is -2.38. The summed E-state index contributed by atoms with van der Waals surface area (Å²) in [6.07, 6.45) is 0. The number of benzene rings is 2. The molecule has 2 aromatic carbocycles. The molecule has 7 heteroatoms. The summed E-state index contributed by atoms with van der Waals surface area (Å²) in [5.41, 5.74) is 0.567. The Balaban J connectivity index is 2.32. The molecule has 0 aliphatic heterocycles. The van der Waals surface area contributed by atoms with Gasteiger partial charge in [-0.15, -0.1) is 0 Å². The Morgan fingerprint density at radius 2 is 1.60 bits per heavy atom. The minimum atomic E-state index is -3.88. The van der Waals surface area contributed by atoms with Gasteiger partial charge >= 0.3 is 0 Å². The highest BCUT2D eigenvalue weighted by Crippen LogP contribution is 2.20. The lowest BCUT2D eigenvalue weighted by atomic mass is 10.1. The number of carbonyl (C=O) groups is 1. The first kappa shape index (κ1) is 19.0. The maximum absolute atomic E-state index is 12.7. The molecule has 0 heterocycles. The highest BCUT2D eigenvalue weighted by atomic mass is 32.2. The predicted octanol–water partition coefficient (Wildman–Crippen LogP) is 2.24. The van der Waals surface area contributed by atoms with Crippen molar-refractivity contribution in [2.75, 3.05) is 7.11 Å². The molecule has 0 spiro atoms. The SMILES string of the molecule is COc1ccc(S(=O)(=O)N[C@H](C(=O)NC(C)C)c2ccccc2)cc1. The Morgan fingerprint density at radius 1 is 1.00 bits per heavy atom. The van der Waals surface area contributed by atoms with Crippen LogP contribution in [0.4, 0.5) is 0 Å². The Labute approximate surface area is 148 Å². The maximum Gasteiger partial charge on any atom is 0.242 e. The van der Waals surface area contributed by atoms with Crippen molar-refractivity contribution in [1.29, 1.82) is 0 Å². The highest BCUT2D eigenvalue weighted by molar-refractivity contribution is 7.89. The number of hydrogen-bond donors (Lipinski definition) is 2.